The van der Waals surface area contributed by atoms with Crippen molar-refractivity contribution >= 4 is 0 Å². The van der Waals surface area contributed by atoms with Crippen LogP contribution in [0, 0.1) is 0 Å². The highest BCUT2D eigenvalue weighted by Gasteiger charge is 2.25. The maximum absolute atomic E-state index is 5.71. The number of nitrogens with zero attached hydrogens (tertiary/aromatic N) is 2. The predicted molar refractivity (Wildman–Crippen MR) is 104 cm³/mol. The second-order valence-corrected chi connectivity index (χ2v) is 6.68. The van der Waals surface area contributed by atoms with Gasteiger partial charge in [0.25, 0.3) is 0 Å². The number of aromatic nitrogens is 1. The topological polar surface area (TPSA) is 47.7 Å². The lowest BCUT2D eigenvalue weighted by Gasteiger charge is -2.26. The zero-order chi connectivity index (χ0) is 18.6. The van der Waals surface area contributed by atoms with Crippen LogP contribution in [0.5, 0.6) is 11.5 Å². The van der Waals surface area contributed by atoms with Crippen molar-refractivity contribution in [2.24, 2.45) is 0 Å². The molecular formula is C22H24N2O3. The van der Waals surface area contributed by atoms with E-state index >= 15 is 0 Å². The molecule has 4 rings (SSSR count). The fourth-order valence-corrected chi connectivity index (χ4v) is 3.57. The summed E-state index contributed by atoms with van der Waals surface area (Å²) in [5, 5.41) is 4.33. The molecule has 0 N–H and O–H groups in total. The van der Waals surface area contributed by atoms with Crippen molar-refractivity contribution in [1.29, 1.82) is 0 Å². The molecule has 0 fully saturated rings. The zero-order valence-electron chi connectivity index (χ0n) is 15.8. The van der Waals surface area contributed by atoms with Gasteiger partial charge in [-0.3, -0.25) is 4.90 Å². The third kappa shape index (κ3) is 3.69. The fraction of sp³-hybridized carbons (Fsp3) is 0.318. The first-order valence-electron chi connectivity index (χ1n) is 9.33. The van der Waals surface area contributed by atoms with E-state index in [9.17, 15) is 0 Å². The standard InChI is InChI=1S/C22H24N2O3/c1-3-26-21-13-16(9-10-20(21)25-2)14-24-12-11-19-18(15-24)22(23-27-19)17-7-5-4-6-8-17/h4-10,13H,3,11-12,14-15H2,1-2H3. The van der Waals surface area contributed by atoms with E-state index < -0.39 is 0 Å². The Balaban J connectivity index is 1.54. The van der Waals surface area contributed by atoms with Crippen LogP contribution in [0.3, 0.4) is 0 Å². The SMILES string of the molecule is CCOc1cc(CN2CCc3onc(-c4ccccc4)c3C2)ccc1OC. The molecule has 0 unspecified atom stereocenters. The predicted octanol–water partition coefficient (Wildman–Crippen LogP) is 4.31. The van der Waals surface area contributed by atoms with Crippen LogP contribution in [0.15, 0.2) is 53.1 Å². The first-order chi connectivity index (χ1) is 13.3. The molecule has 5 heteroatoms. The van der Waals surface area contributed by atoms with E-state index in [0.717, 1.165) is 54.6 Å². The van der Waals surface area contributed by atoms with Crippen molar-refractivity contribution in [1.82, 2.24) is 10.1 Å². The van der Waals surface area contributed by atoms with Crippen molar-refractivity contribution in [3.05, 3.63) is 65.4 Å². The minimum absolute atomic E-state index is 0.619. The molecule has 0 bridgehead atoms. The Morgan fingerprint density at radius 2 is 1.96 bits per heavy atom. The minimum Gasteiger partial charge on any atom is -0.493 e. The Morgan fingerprint density at radius 3 is 2.74 bits per heavy atom. The van der Waals surface area contributed by atoms with Crippen LogP contribution in [0.1, 0.15) is 23.8 Å². The second-order valence-electron chi connectivity index (χ2n) is 6.68. The summed E-state index contributed by atoms with van der Waals surface area (Å²) in [6.45, 7) is 5.23. The summed E-state index contributed by atoms with van der Waals surface area (Å²) in [5.74, 6) is 2.58. The Hall–Kier alpha value is -2.79. The average Bonchev–Trinajstić information content (AvgIpc) is 3.12. The quantitative estimate of drug-likeness (QED) is 0.652. The average molecular weight is 364 g/mol. The molecule has 0 aliphatic carbocycles. The van der Waals surface area contributed by atoms with Gasteiger partial charge < -0.3 is 14.0 Å². The second kappa shape index (κ2) is 7.84. The van der Waals surface area contributed by atoms with Crippen LogP contribution in [0.25, 0.3) is 11.3 Å². The van der Waals surface area contributed by atoms with Gasteiger partial charge in [0, 0.05) is 37.2 Å². The highest BCUT2D eigenvalue weighted by Crippen LogP contribution is 2.32. The van der Waals surface area contributed by atoms with Gasteiger partial charge in [-0.25, -0.2) is 0 Å². The molecule has 1 aliphatic heterocycles. The summed E-state index contributed by atoms with van der Waals surface area (Å²) in [6, 6.07) is 16.4. The molecule has 0 saturated carbocycles. The number of hydrogen-bond donors (Lipinski definition) is 0. The molecule has 1 aliphatic rings. The lowest BCUT2D eigenvalue weighted by atomic mass is 10.0. The molecule has 0 spiro atoms. The maximum Gasteiger partial charge on any atom is 0.161 e. The molecule has 0 saturated heterocycles. The van der Waals surface area contributed by atoms with Gasteiger partial charge in [-0.15, -0.1) is 0 Å². The number of fused-ring (bicyclic) bond motifs is 1. The van der Waals surface area contributed by atoms with Crippen LogP contribution >= 0.6 is 0 Å². The van der Waals surface area contributed by atoms with Crippen molar-refractivity contribution in [2.75, 3.05) is 20.3 Å². The van der Waals surface area contributed by atoms with Crippen molar-refractivity contribution in [3.63, 3.8) is 0 Å². The molecular weight excluding hydrogens is 340 g/mol. The molecule has 27 heavy (non-hydrogen) atoms. The van der Waals surface area contributed by atoms with Crippen LogP contribution in [-0.2, 0) is 19.5 Å². The summed E-state index contributed by atoms with van der Waals surface area (Å²) in [6.07, 6.45) is 0.879. The Labute approximate surface area is 159 Å². The first kappa shape index (κ1) is 17.6. The van der Waals surface area contributed by atoms with E-state index in [0.29, 0.717) is 6.61 Å². The molecule has 5 nitrogen and oxygen atoms in total. The zero-order valence-corrected chi connectivity index (χ0v) is 15.8. The van der Waals surface area contributed by atoms with Crippen molar-refractivity contribution in [2.45, 2.75) is 26.4 Å². The Kier molecular flexibility index (Phi) is 5.12. The van der Waals surface area contributed by atoms with Gasteiger partial charge in [-0.2, -0.15) is 0 Å². The third-order valence-corrected chi connectivity index (χ3v) is 4.89. The summed E-state index contributed by atoms with van der Waals surface area (Å²) >= 11 is 0. The summed E-state index contributed by atoms with van der Waals surface area (Å²) < 4.78 is 16.7. The smallest absolute Gasteiger partial charge is 0.161 e. The maximum atomic E-state index is 5.71. The van der Waals surface area contributed by atoms with E-state index in [1.54, 1.807) is 7.11 Å². The molecule has 0 atom stereocenters. The van der Waals surface area contributed by atoms with E-state index in [1.165, 1.54) is 11.1 Å². The van der Waals surface area contributed by atoms with Gasteiger partial charge in [0.1, 0.15) is 11.5 Å². The summed E-state index contributed by atoms with van der Waals surface area (Å²) in [7, 11) is 1.67. The third-order valence-electron chi connectivity index (χ3n) is 4.89. The molecule has 2 heterocycles. The van der Waals surface area contributed by atoms with Crippen molar-refractivity contribution in [3.8, 4) is 22.8 Å². The summed E-state index contributed by atoms with van der Waals surface area (Å²) in [4.78, 5) is 2.42. The van der Waals surface area contributed by atoms with Crippen LogP contribution < -0.4 is 9.47 Å². The molecule has 0 radical (unpaired) electrons. The lowest BCUT2D eigenvalue weighted by molar-refractivity contribution is 0.228. The van der Waals surface area contributed by atoms with Gasteiger partial charge >= 0.3 is 0 Å². The number of rotatable bonds is 6. The van der Waals surface area contributed by atoms with E-state index in [4.69, 9.17) is 14.0 Å². The molecule has 140 valence electrons. The normalized spacial score (nSPS) is 14.0. The highest BCUT2D eigenvalue weighted by molar-refractivity contribution is 5.63. The van der Waals surface area contributed by atoms with Crippen LogP contribution in [-0.4, -0.2) is 30.3 Å². The largest absolute Gasteiger partial charge is 0.493 e. The molecule has 2 aromatic carbocycles. The first-order valence-corrected chi connectivity index (χ1v) is 9.33. The molecule has 0 amide bonds. The van der Waals surface area contributed by atoms with E-state index in [2.05, 4.69) is 34.3 Å². The number of benzene rings is 2. The van der Waals surface area contributed by atoms with Gasteiger partial charge in [-0.05, 0) is 24.6 Å². The lowest BCUT2D eigenvalue weighted by Crippen LogP contribution is -2.29. The van der Waals surface area contributed by atoms with Crippen molar-refractivity contribution < 1.29 is 14.0 Å². The minimum atomic E-state index is 0.619. The Bertz CT molecular complexity index is 905. The highest BCUT2D eigenvalue weighted by atomic mass is 16.5. The summed E-state index contributed by atoms with van der Waals surface area (Å²) in [5.41, 5.74) is 4.47. The van der Waals surface area contributed by atoms with Crippen LogP contribution in [0.2, 0.25) is 0 Å². The molecule has 1 aromatic heterocycles. The van der Waals surface area contributed by atoms with E-state index in [1.807, 2.05) is 31.2 Å². The van der Waals surface area contributed by atoms with Gasteiger partial charge in [-0.1, -0.05) is 41.6 Å². The van der Waals surface area contributed by atoms with E-state index in [-0.39, 0.29) is 0 Å². The number of ether oxygens (including phenoxy) is 2. The van der Waals surface area contributed by atoms with Gasteiger partial charge in [0.2, 0.25) is 0 Å². The molecule has 3 aromatic rings. The number of hydrogen-bond acceptors (Lipinski definition) is 5. The van der Waals surface area contributed by atoms with Gasteiger partial charge in [0.05, 0.1) is 13.7 Å². The van der Waals surface area contributed by atoms with Gasteiger partial charge in [0.15, 0.2) is 11.5 Å². The monoisotopic (exact) mass is 364 g/mol. The number of methoxy groups -OCH3 is 1. The van der Waals surface area contributed by atoms with Crippen LogP contribution in [0.4, 0.5) is 0 Å². The Morgan fingerprint density at radius 1 is 1.11 bits per heavy atom. The fourth-order valence-electron chi connectivity index (χ4n) is 3.57.